The van der Waals surface area contributed by atoms with E-state index in [0.29, 0.717) is 5.69 Å². The standard InChI is InChI=1S/C16H21N5O4S/c1-17-26(24,25)12-7-8-14(16(11-12)21(22)23)19-13-5-2-3-6-15(13)20-10-4-9-18-20/h4,7-11,13,15,17,19H,2-3,5-6H2,1H3/t13-,15+/m1/s1. The van der Waals surface area contributed by atoms with E-state index in [1.165, 1.54) is 19.2 Å². The average molecular weight is 379 g/mol. The molecule has 2 N–H and O–H groups in total. The van der Waals surface area contributed by atoms with Crippen LogP contribution in [0.5, 0.6) is 0 Å². The summed E-state index contributed by atoms with van der Waals surface area (Å²) in [6.45, 7) is 0. The molecule has 10 heteroatoms. The number of sulfonamides is 1. The van der Waals surface area contributed by atoms with E-state index in [1.807, 2.05) is 16.9 Å². The van der Waals surface area contributed by atoms with Crippen molar-refractivity contribution in [3.05, 3.63) is 46.8 Å². The van der Waals surface area contributed by atoms with Gasteiger partial charge < -0.3 is 5.32 Å². The van der Waals surface area contributed by atoms with Gasteiger partial charge in [-0.2, -0.15) is 5.10 Å². The maximum Gasteiger partial charge on any atom is 0.293 e. The summed E-state index contributed by atoms with van der Waals surface area (Å²) in [6.07, 6.45) is 7.49. The molecule has 0 spiro atoms. The number of benzene rings is 1. The number of nitrogens with zero attached hydrogens (tertiary/aromatic N) is 3. The van der Waals surface area contributed by atoms with E-state index in [4.69, 9.17) is 0 Å². The van der Waals surface area contributed by atoms with Gasteiger partial charge in [0.25, 0.3) is 5.69 Å². The van der Waals surface area contributed by atoms with Gasteiger partial charge in [-0.15, -0.1) is 0 Å². The molecule has 2 atom stereocenters. The van der Waals surface area contributed by atoms with Crippen molar-refractivity contribution >= 4 is 21.4 Å². The third-order valence-corrected chi connectivity index (χ3v) is 6.09. The van der Waals surface area contributed by atoms with Crippen molar-refractivity contribution in [3.8, 4) is 0 Å². The summed E-state index contributed by atoms with van der Waals surface area (Å²) >= 11 is 0. The second-order valence-corrected chi connectivity index (χ2v) is 8.12. The van der Waals surface area contributed by atoms with Gasteiger partial charge in [-0.3, -0.25) is 14.8 Å². The van der Waals surface area contributed by atoms with E-state index in [1.54, 1.807) is 6.20 Å². The summed E-state index contributed by atoms with van der Waals surface area (Å²) in [5.74, 6) is 0. The Hall–Kier alpha value is -2.46. The van der Waals surface area contributed by atoms with Crippen LogP contribution in [0.3, 0.4) is 0 Å². The normalized spacial score (nSPS) is 20.7. The van der Waals surface area contributed by atoms with Crippen LogP contribution in [-0.4, -0.2) is 36.2 Å². The molecule has 0 aliphatic heterocycles. The van der Waals surface area contributed by atoms with Crippen LogP contribution >= 0.6 is 0 Å². The van der Waals surface area contributed by atoms with E-state index >= 15 is 0 Å². The van der Waals surface area contributed by atoms with Crippen LogP contribution in [0.25, 0.3) is 0 Å². The van der Waals surface area contributed by atoms with Crippen LogP contribution in [0, 0.1) is 10.1 Å². The lowest BCUT2D eigenvalue weighted by atomic mass is 9.90. The fourth-order valence-electron chi connectivity index (χ4n) is 3.34. The molecule has 2 aromatic rings. The van der Waals surface area contributed by atoms with E-state index in [0.717, 1.165) is 31.7 Å². The zero-order chi connectivity index (χ0) is 18.7. The molecule has 1 aromatic carbocycles. The second kappa shape index (κ2) is 7.42. The van der Waals surface area contributed by atoms with Crippen LogP contribution in [0.1, 0.15) is 31.7 Å². The molecule has 1 aliphatic rings. The highest BCUT2D eigenvalue weighted by atomic mass is 32.2. The lowest BCUT2D eigenvalue weighted by Crippen LogP contribution is -2.34. The SMILES string of the molecule is CNS(=O)(=O)c1ccc(N[C@@H]2CCCC[C@@H]2n2cccn2)c([N+](=O)[O-])c1. The van der Waals surface area contributed by atoms with Crippen LogP contribution in [0.15, 0.2) is 41.6 Å². The number of hydrogen-bond donors (Lipinski definition) is 2. The monoisotopic (exact) mass is 379 g/mol. The Labute approximate surface area is 151 Å². The van der Waals surface area contributed by atoms with Gasteiger partial charge in [0, 0.05) is 24.5 Å². The molecule has 1 aromatic heterocycles. The number of anilines is 1. The van der Waals surface area contributed by atoms with Gasteiger partial charge in [-0.1, -0.05) is 12.8 Å². The molecule has 140 valence electrons. The summed E-state index contributed by atoms with van der Waals surface area (Å²) in [5.41, 5.74) is 0.0558. The molecule has 0 bridgehead atoms. The third kappa shape index (κ3) is 3.70. The highest BCUT2D eigenvalue weighted by Gasteiger charge is 2.29. The molecule has 3 rings (SSSR count). The predicted molar refractivity (Wildman–Crippen MR) is 96.5 cm³/mol. The maximum absolute atomic E-state index is 11.9. The Kier molecular flexibility index (Phi) is 5.23. The Morgan fingerprint density at radius 3 is 2.73 bits per heavy atom. The molecule has 9 nitrogen and oxygen atoms in total. The summed E-state index contributed by atoms with van der Waals surface area (Å²) in [6, 6.07) is 5.84. The summed E-state index contributed by atoms with van der Waals surface area (Å²) < 4.78 is 27.9. The fourth-order valence-corrected chi connectivity index (χ4v) is 4.09. The van der Waals surface area contributed by atoms with Crippen molar-refractivity contribution in [2.45, 2.75) is 42.7 Å². The van der Waals surface area contributed by atoms with E-state index in [-0.39, 0.29) is 22.7 Å². The highest BCUT2D eigenvalue weighted by Crippen LogP contribution is 2.34. The zero-order valence-corrected chi connectivity index (χ0v) is 15.1. The van der Waals surface area contributed by atoms with Crippen molar-refractivity contribution in [1.29, 1.82) is 0 Å². The average Bonchev–Trinajstić information content (AvgIpc) is 3.16. The molecule has 26 heavy (non-hydrogen) atoms. The van der Waals surface area contributed by atoms with Crippen molar-refractivity contribution in [1.82, 2.24) is 14.5 Å². The molecule has 0 amide bonds. The van der Waals surface area contributed by atoms with Gasteiger partial charge in [-0.05, 0) is 38.1 Å². The number of nitro groups is 1. The topological polar surface area (TPSA) is 119 Å². The van der Waals surface area contributed by atoms with E-state index in [9.17, 15) is 18.5 Å². The molecule has 1 saturated carbocycles. The Morgan fingerprint density at radius 2 is 2.08 bits per heavy atom. The molecular weight excluding hydrogens is 358 g/mol. The number of nitro benzene ring substituents is 1. The molecule has 1 fully saturated rings. The van der Waals surface area contributed by atoms with Crippen LogP contribution in [0.2, 0.25) is 0 Å². The summed E-state index contributed by atoms with van der Waals surface area (Å²) in [4.78, 5) is 10.8. The molecule has 0 unspecified atom stereocenters. The maximum atomic E-state index is 11.9. The molecule has 0 radical (unpaired) electrons. The first-order valence-corrected chi connectivity index (χ1v) is 9.88. The van der Waals surface area contributed by atoms with Crippen LogP contribution in [0.4, 0.5) is 11.4 Å². The van der Waals surface area contributed by atoms with Crippen molar-refractivity contribution in [2.75, 3.05) is 12.4 Å². The first-order valence-electron chi connectivity index (χ1n) is 8.40. The zero-order valence-electron chi connectivity index (χ0n) is 14.3. The molecular formula is C16H21N5O4S. The predicted octanol–water partition coefficient (Wildman–Crippen LogP) is 2.30. The van der Waals surface area contributed by atoms with Crippen molar-refractivity contribution < 1.29 is 13.3 Å². The van der Waals surface area contributed by atoms with E-state index in [2.05, 4.69) is 15.1 Å². The Bertz CT molecular complexity index is 882. The molecule has 0 saturated heterocycles. The van der Waals surface area contributed by atoms with Gasteiger partial charge in [0.2, 0.25) is 10.0 Å². The van der Waals surface area contributed by atoms with Gasteiger partial charge in [0.05, 0.1) is 15.9 Å². The Balaban J connectivity index is 1.92. The number of aromatic nitrogens is 2. The number of nitrogens with one attached hydrogen (secondary N) is 2. The largest absolute Gasteiger partial charge is 0.375 e. The minimum Gasteiger partial charge on any atom is -0.375 e. The minimum atomic E-state index is -3.75. The first-order chi connectivity index (χ1) is 12.4. The quantitative estimate of drug-likeness (QED) is 0.587. The van der Waals surface area contributed by atoms with Gasteiger partial charge in [0.15, 0.2) is 0 Å². The van der Waals surface area contributed by atoms with Gasteiger partial charge in [0.1, 0.15) is 5.69 Å². The van der Waals surface area contributed by atoms with E-state index < -0.39 is 14.9 Å². The van der Waals surface area contributed by atoms with Gasteiger partial charge >= 0.3 is 0 Å². The summed E-state index contributed by atoms with van der Waals surface area (Å²) in [5, 5.41) is 19.0. The van der Waals surface area contributed by atoms with Crippen LogP contribution < -0.4 is 10.0 Å². The summed E-state index contributed by atoms with van der Waals surface area (Å²) in [7, 11) is -2.48. The third-order valence-electron chi connectivity index (χ3n) is 4.68. The van der Waals surface area contributed by atoms with Crippen molar-refractivity contribution in [3.63, 3.8) is 0 Å². The fraction of sp³-hybridized carbons (Fsp3) is 0.438. The lowest BCUT2D eigenvalue weighted by Gasteiger charge is -2.33. The Morgan fingerprint density at radius 1 is 1.31 bits per heavy atom. The minimum absolute atomic E-state index is 0.0193. The van der Waals surface area contributed by atoms with Crippen LogP contribution in [-0.2, 0) is 10.0 Å². The molecule has 1 heterocycles. The molecule has 1 aliphatic carbocycles. The smallest absolute Gasteiger partial charge is 0.293 e. The lowest BCUT2D eigenvalue weighted by molar-refractivity contribution is -0.384. The first kappa shape index (κ1) is 18.3. The van der Waals surface area contributed by atoms with Gasteiger partial charge in [-0.25, -0.2) is 13.1 Å². The number of rotatable bonds is 6. The highest BCUT2D eigenvalue weighted by molar-refractivity contribution is 7.89. The second-order valence-electron chi connectivity index (χ2n) is 6.23. The number of hydrogen-bond acceptors (Lipinski definition) is 6. The van der Waals surface area contributed by atoms with Crippen molar-refractivity contribution in [2.24, 2.45) is 0 Å².